The largest absolute Gasteiger partial charge is 0.493 e. The van der Waals surface area contributed by atoms with Crippen molar-refractivity contribution < 1.29 is 9.47 Å². The lowest BCUT2D eigenvalue weighted by Gasteiger charge is -2.33. The molecule has 1 aliphatic heterocycles. The SMILES string of the molecule is C=CCC(N)(CN1CCCC1)c1ccc(OC)c(OC)c1. The van der Waals surface area contributed by atoms with Gasteiger partial charge in [0.25, 0.3) is 0 Å². The predicted octanol–water partition coefficient (Wildman–Crippen LogP) is 2.53. The van der Waals surface area contributed by atoms with E-state index in [1.807, 2.05) is 24.3 Å². The summed E-state index contributed by atoms with van der Waals surface area (Å²) < 4.78 is 10.7. The number of rotatable bonds is 7. The van der Waals surface area contributed by atoms with E-state index in [0.717, 1.165) is 43.1 Å². The summed E-state index contributed by atoms with van der Waals surface area (Å²) >= 11 is 0. The maximum atomic E-state index is 6.72. The topological polar surface area (TPSA) is 47.7 Å². The van der Waals surface area contributed by atoms with E-state index in [0.29, 0.717) is 0 Å². The van der Waals surface area contributed by atoms with Crippen LogP contribution in [0, 0.1) is 0 Å². The minimum Gasteiger partial charge on any atom is -0.493 e. The third-order valence-electron chi connectivity index (χ3n) is 4.17. The lowest BCUT2D eigenvalue weighted by Crippen LogP contribution is -2.46. The van der Waals surface area contributed by atoms with E-state index in [2.05, 4.69) is 11.5 Å². The van der Waals surface area contributed by atoms with Crippen LogP contribution in [-0.4, -0.2) is 38.8 Å². The lowest BCUT2D eigenvalue weighted by molar-refractivity contribution is 0.247. The molecule has 0 radical (unpaired) electrons. The van der Waals surface area contributed by atoms with Crippen LogP contribution < -0.4 is 15.2 Å². The molecule has 2 N–H and O–H groups in total. The third kappa shape index (κ3) is 3.57. The molecule has 21 heavy (non-hydrogen) atoms. The Kier molecular flexibility index (Phi) is 5.26. The highest BCUT2D eigenvalue weighted by atomic mass is 16.5. The Morgan fingerprint density at radius 2 is 1.90 bits per heavy atom. The minimum absolute atomic E-state index is 0.439. The van der Waals surface area contributed by atoms with Gasteiger partial charge in [-0.05, 0) is 50.0 Å². The molecule has 0 saturated carbocycles. The number of ether oxygens (including phenoxy) is 2. The van der Waals surface area contributed by atoms with Crippen molar-refractivity contribution in [2.24, 2.45) is 5.73 Å². The first-order valence-electron chi connectivity index (χ1n) is 7.47. The zero-order chi connectivity index (χ0) is 15.3. The number of benzene rings is 1. The highest BCUT2D eigenvalue weighted by Gasteiger charge is 2.30. The summed E-state index contributed by atoms with van der Waals surface area (Å²) in [5.74, 6) is 1.44. The molecular formula is C17H26N2O2. The summed E-state index contributed by atoms with van der Waals surface area (Å²) in [5.41, 5.74) is 7.34. The van der Waals surface area contributed by atoms with Crippen LogP contribution in [0.4, 0.5) is 0 Å². The molecule has 0 amide bonds. The molecular weight excluding hydrogens is 264 g/mol. The first-order valence-corrected chi connectivity index (χ1v) is 7.47. The molecule has 2 rings (SSSR count). The van der Waals surface area contributed by atoms with E-state index in [9.17, 15) is 0 Å². The van der Waals surface area contributed by atoms with Crippen molar-refractivity contribution in [1.82, 2.24) is 4.90 Å². The summed E-state index contributed by atoms with van der Waals surface area (Å²) in [4.78, 5) is 2.43. The Morgan fingerprint density at radius 3 is 2.48 bits per heavy atom. The molecule has 0 spiro atoms. The molecule has 0 bridgehead atoms. The molecule has 1 unspecified atom stereocenters. The van der Waals surface area contributed by atoms with E-state index in [4.69, 9.17) is 15.2 Å². The molecule has 1 aromatic rings. The number of hydrogen-bond acceptors (Lipinski definition) is 4. The monoisotopic (exact) mass is 290 g/mol. The summed E-state index contributed by atoms with van der Waals surface area (Å²) in [6.45, 7) is 6.97. The molecule has 1 fully saturated rings. The molecule has 4 nitrogen and oxygen atoms in total. The van der Waals surface area contributed by atoms with E-state index >= 15 is 0 Å². The van der Waals surface area contributed by atoms with Gasteiger partial charge >= 0.3 is 0 Å². The average Bonchev–Trinajstić information content (AvgIpc) is 2.99. The van der Waals surface area contributed by atoms with E-state index in [1.54, 1.807) is 14.2 Å². The van der Waals surface area contributed by atoms with Gasteiger partial charge in [0.2, 0.25) is 0 Å². The van der Waals surface area contributed by atoms with Gasteiger partial charge in [0.15, 0.2) is 11.5 Å². The normalized spacial score (nSPS) is 18.2. The zero-order valence-corrected chi connectivity index (χ0v) is 13.1. The van der Waals surface area contributed by atoms with Crippen molar-refractivity contribution in [3.63, 3.8) is 0 Å². The average molecular weight is 290 g/mol. The molecule has 1 atom stereocenters. The van der Waals surface area contributed by atoms with Crippen molar-refractivity contribution in [3.8, 4) is 11.5 Å². The van der Waals surface area contributed by atoms with Gasteiger partial charge in [0.1, 0.15) is 0 Å². The van der Waals surface area contributed by atoms with Gasteiger partial charge in [0, 0.05) is 6.54 Å². The molecule has 1 aromatic carbocycles. The van der Waals surface area contributed by atoms with Crippen LogP contribution in [0.15, 0.2) is 30.9 Å². The number of methoxy groups -OCH3 is 2. The summed E-state index contributed by atoms with van der Waals surface area (Å²) in [6, 6.07) is 5.93. The van der Waals surface area contributed by atoms with Gasteiger partial charge in [0.05, 0.1) is 19.8 Å². The Bertz CT molecular complexity index is 484. The Hall–Kier alpha value is -1.52. The number of hydrogen-bond donors (Lipinski definition) is 1. The highest BCUT2D eigenvalue weighted by molar-refractivity contribution is 5.45. The van der Waals surface area contributed by atoms with Crippen molar-refractivity contribution in [1.29, 1.82) is 0 Å². The fraction of sp³-hybridized carbons (Fsp3) is 0.529. The standard InChI is InChI=1S/C17H26N2O2/c1-4-9-17(18,13-19-10-5-6-11-19)14-7-8-15(20-2)16(12-14)21-3/h4,7-8,12H,1,5-6,9-11,13,18H2,2-3H3. The summed E-state index contributed by atoms with van der Waals surface area (Å²) in [7, 11) is 3.29. The quantitative estimate of drug-likeness (QED) is 0.784. The smallest absolute Gasteiger partial charge is 0.161 e. The fourth-order valence-electron chi connectivity index (χ4n) is 3.02. The van der Waals surface area contributed by atoms with Crippen molar-refractivity contribution >= 4 is 0 Å². The molecule has 0 aromatic heterocycles. The summed E-state index contributed by atoms with van der Waals surface area (Å²) in [6.07, 6.45) is 5.15. The van der Waals surface area contributed by atoms with Gasteiger partial charge in [-0.3, -0.25) is 0 Å². The van der Waals surface area contributed by atoms with Crippen molar-refractivity contribution in [3.05, 3.63) is 36.4 Å². The minimum atomic E-state index is -0.439. The maximum absolute atomic E-state index is 6.72. The van der Waals surface area contributed by atoms with Crippen LogP contribution in [0.1, 0.15) is 24.8 Å². The molecule has 0 aliphatic carbocycles. The van der Waals surface area contributed by atoms with Gasteiger partial charge in [-0.2, -0.15) is 0 Å². The van der Waals surface area contributed by atoms with Crippen LogP contribution >= 0.6 is 0 Å². The van der Waals surface area contributed by atoms with Gasteiger partial charge in [-0.25, -0.2) is 0 Å². The second-order valence-electron chi connectivity index (χ2n) is 5.70. The van der Waals surface area contributed by atoms with Crippen LogP contribution in [-0.2, 0) is 5.54 Å². The highest BCUT2D eigenvalue weighted by Crippen LogP contribution is 2.33. The van der Waals surface area contributed by atoms with Gasteiger partial charge in [-0.15, -0.1) is 6.58 Å². The maximum Gasteiger partial charge on any atom is 0.161 e. The zero-order valence-electron chi connectivity index (χ0n) is 13.1. The Balaban J connectivity index is 2.29. The number of likely N-dealkylation sites (tertiary alicyclic amines) is 1. The molecule has 116 valence electrons. The van der Waals surface area contributed by atoms with E-state index in [1.165, 1.54) is 12.8 Å². The second kappa shape index (κ2) is 6.96. The van der Waals surface area contributed by atoms with Crippen molar-refractivity contribution in [2.45, 2.75) is 24.8 Å². The van der Waals surface area contributed by atoms with Gasteiger partial charge in [-0.1, -0.05) is 12.1 Å². The van der Waals surface area contributed by atoms with E-state index in [-0.39, 0.29) is 0 Å². The van der Waals surface area contributed by atoms with Gasteiger partial charge < -0.3 is 20.1 Å². The fourth-order valence-corrected chi connectivity index (χ4v) is 3.02. The van der Waals surface area contributed by atoms with Crippen LogP contribution in [0.25, 0.3) is 0 Å². The lowest BCUT2D eigenvalue weighted by atomic mass is 9.86. The summed E-state index contributed by atoms with van der Waals surface area (Å²) in [5, 5.41) is 0. The van der Waals surface area contributed by atoms with Crippen LogP contribution in [0.3, 0.4) is 0 Å². The first-order chi connectivity index (χ1) is 10.1. The second-order valence-corrected chi connectivity index (χ2v) is 5.70. The molecule has 1 aliphatic rings. The van der Waals surface area contributed by atoms with Crippen LogP contribution in [0.2, 0.25) is 0 Å². The Morgan fingerprint density at radius 1 is 1.24 bits per heavy atom. The van der Waals surface area contributed by atoms with Crippen molar-refractivity contribution in [2.75, 3.05) is 33.9 Å². The molecule has 4 heteroatoms. The third-order valence-corrected chi connectivity index (χ3v) is 4.17. The number of nitrogens with zero attached hydrogens (tertiary/aromatic N) is 1. The first kappa shape index (κ1) is 15.9. The number of nitrogens with two attached hydrogens (primary N) is 1. The Labute approximate surface area is 127 Å². The molecule has 1 heterocycles. The van der Waals surface area contributed by atoms with Crippen LogP contribution in [0.5, 0.6) is 11.5 Å². The predicted molar refractivity (Wildman–Crippen MR) is 85.9 cm³/mol. The van der Waals surface area contributed by atoms with E-state index < -0.39 is 5.54 Å². The molecule has 1 saturated heterocycles.